The zero-order chi connectivity index (χ0) is 24.6. The fraction of sp³-hybridized carbons (Fsp3) is 0.444. The van der Waals surface area contributed by atoms with Crippen LogP contribution in [0.15, 0.2) is 42.6 Å². The van der Waals surface area contributed by atoms with Crippen LogP contribution in [-0.4, -0.2) is 57.7 Å². The number of halogens is 2. The molecule has 2 heterocycles. The second-order valence-corrected chi connectivity index (χ2v) is 10.5. The van der Waals surface area contributed by atoms with Crippen molar-refractivity contribution in [2.24, 2.45) is 13.0 Å². The van der Waals surface area contributed by atoms with E-state index >= 15 is 0 Å². The lowest BCUT2D eigenvalue weighted by molar-refractivity contribution is -0.147. The number of aromatic nitrogens is 1. The van der Waals surface area contributed by atoms with Crippen LogP contribution in [0.2, 0.25) is 10.0 Å². The van der Waals surface area contributed by atoms with E-state index in [1.54, 1.807) is 13.0 Å². The van der Waals surface area contributed by atoms with Crippen molar-refractivity contribution in [2.45, 2.75) is 45.4 Å². The van der Waals surface area contributed by atoms with E-state index in [4.69, 9.17) is 23.2 Å². The molecule has 1 fully saturated rings. The van der Waals surface area contributed by atoms with Gasteiger partial charge in [-0.15, -0.1) is 0 Å². The van der Waals surface area contributed by atoms with Gasteiger partial charge in [-0.3, -0.25) is 9.69 Å². The third kappa shape index (κ3) is 5.28. The van der Waals surface area contributed by atoms with Gasteiger partial charge in [0.25, 0.3) is 0 Å². The predicted molar refractivity (Wildman–Crippen MR) is 139 cm³/mol. The van der Waals surface area contributed by atoms with E-state index in [2.05, 4.69) is 47.8 Å². The zero-order valence-electron chi connectivity index (χ0n) is 20.3. The van der Waals surface area contributed by atoms with Crippen LogP contribution in [0, 0.1) is 12.8 Å². The van der Waals surface area contributed by atoms with Crippen LogP contribution < -0.4 is 0 Å². The quantitative estimate of drug-likeness (QED) is 0.491. The van der Waals surface area contributed by atoms with Gasteiger partial charge in [0, 0.05) is 59.9 Å². The van der Waals surface area contributed by atoms with Crippen molar-refractivity contribution >= 4 is 40.0 Å². The molecule has 182 valence electrons. The molecule has 0 saturated carbocycles. The number of benzene rings is 2. The Morgan fingerprint density at radius 3 is 2.56 bits per heavy atom. The molecule has 1 aromatic heterocycles. The molecule has 3 unspecified atom stereocenters. The predicted octanol–water partition coefficient (Wildman–Crippen LogP) is 5.07. The summed E-state index contributed by atoms with van der Waals surface area (Å²) in [6, 6.07) is 11.9. The number of nitrogens with zero attached hydrogens (tertiary/aromatic N) is 3. The van der Waals surface area contributed by atoms with Gasteiger partial charge in [0.15, 0.2) is 0 Å². The van der Waals surface area contributed by atoms with Gasteiger partial charge in [0.1, 0.15) is 0 Å². The molecule has 5 nitrogen and oxygen atoms in total. The summed E-state index contributed by atoms with van der Waals surface area (Å²) in [7, 11) is 4.06. The highest BCUT2D eigenvalue weighted by Gasteiger charge is 2.41. The molecular formula is C27H33Cl2N3O2. The van der Waals surface area contributed by atoms with E-state index in [0.717, 1.165) is 18.4 Å². The zero-order valence-corrected chi connectivity index (χ0v) is 21.8. The van der Waals surface area contributed by atoms with Crippen LogP contribution in [0.1, 0.15) is 30.0 Å². The maximum atomic E-state index is 13.5. The number of likely N-dealkylation sites (tertiary alicyclic amines) is 1. The number of aliphatic hydroxyl groups excluding tert-OH is 1. The largest absolute Gasteiger partial charge is 0.393 e. The van der Waals surface area contributed by atoms with Gasteiger partial charge in [0.2, 0.25) is 5.91 Å². The molecule has 0 aliphatic carbocycles. The van der Waals surface area contributed by atoms with Crippen molar-refractivity contribution in [1.29, 1.82) is 0 Å². The summed E-state index contributed by atoms with van der Waals surface area (Å²) in [6.07, 6.45) is 3.03. The number of carbonyl (C=O) groups is 1. The number of piperidine rings is 1. The summed E-state index contributed by atoms with van der Waals surface area (Å²) < 4.78 is 2.15. The molecule has 0 bridgehead atoms. The van der Waals surface area contributed by atoms with Gasteiger partial charge in [-0.2, -0.15) is 0 Å². The minimum Gasteiger partial charge on any atom is -0.393 e. The van der Waals surface area contributed by atoms with Crippen LogP contribution in [-0.2, 0) is 24.8 Å². The summed E-state index contributed by atoms with van der Waals surface area (Å²) in [5.41, 5.74) is 4.68. The van der Waals surface area contributed by atoms with E-state index in [1.165, 1.54) is 22.0 Å². The Morgan fingerprint density at radius 2 is 1.88 bits per heavy atom. The SMILES string of the molecule is Cc1ccc2c(c1)c(CCN1CCC(N(C)Cc3cc(Cl)cc(Cl)c3)C(C(C)O)C1=O)cn2C. The third-order valence-electron chi connectivity index (χ3n) is 7.02. The molecule has 2 aromatic carbocycles. The lowest BCUT2D eigenvalue weighted by Crippen LogP contribution is -2.56. The first-order chi connectivity index (χ1) is 16.1. The Morgan fingerprint density at radius 1 is 1.18 bits per heavy atom. The fourth-order valence-corrected chi connectivity index (χ4v) is 5.92. The van der Waals surface area contributed by atoms with E-state index < -0.39 is 12.0 Å². The molecule has 1 saturated heterocycles. The maximum absolute atomic E-state index is 13.5. The first-order valence-corrected chi connectivity index (χ1v) is 12.6. The van der Waals surface area contributed by atoms with Crippen LogP contribution in [0.5, 0.6) is 0 Å². The number of aryl methyl sites for hydroxylation is 2. The average molecular weight is 502 g/mol. The Hall–Kier alpha value is -2.05. The second kappa shape index (κ2) is 10.3. The van der Waals surface area contributed by atoms with Crippen LogP contribution in [0.4, 0.5) is 0 Å². The van der Waals surface area contributed by atoms with Gasteiger partial charge in [-0.1, -0.05) is 34.8 Å². The minimum absolute atomic E-state index is 0.0265. The standard InChI is InChI=1S/C27H33Cl2N3O2/c1-17-5-6-24-23(11-17)20(16-31(24)4)7-9-32-10-8-25(26(18(2)33)27(32)34)30(3)15-19-12-21(28)14-22(29)13-19/h5-6,11-14,16,18,25-26,33H,7-10,15H2,1-4H3. The van der Waals surface area contributed by atoms with Gasteiger partial charge in [-0.05, 0) is 75.2 Å². The summed E-state index contributed by atoms with van der Waals surface area (Å²) >= 11 is 12.3. The summed E-state index contributed by atoms with van der Waals surface area (Å²) in [4.78, 5) is 17.5. The number of aliphatic hydroxyl groups is 1. The van der Waals surface area contributed by atoms with Crippen molar-refractivity contribution < 1.29 is 9.90 Å². The summed E-state index contributed by atoms with van der Waals surface area (Å²) in [5, 5.41) is 13.0. The molecule has 7 heteroatoms. The lowest BCUT2D eigenvalue weighted by atomic mass is 9.85. The Balaban J connectivity index is 1.46. The van der Waals surface area contributed by atoms with E-state index in [-0.39, 0.29) is 11.9 Å². The van der Waals surface area contributed by atoms with Gasteiger partial charge in [-0.25, -0.2) is 0 Å². The van der Waals surface area contributed by atoms with Gasteiger partial charge in [0.05, 0.1) is 12.0 Å². The highest BCUT2D eigenvalue weighted by molar-refractivity contribution is 6.34. The first kappa shape index (κ1) is 25.1. The fourth-order valence-electron chi connectivity index (χ4n) is 5.35. The third-order valence-corrected chi connectivity index (χ3v) is 7.46. The number of carbonyl (C=O) groups excluding carboxylic acids is 1. The van der Waals surface area contributed by atoms with Crippen molar-refractivity contribution in [1.82, 2.24) is 14.4 Å². The molecule has 1 aliphatic rings. The van der Waals surface area contributed by atoms with E-state index in [9.17, 15) is 9.90 Å². The van der Waals surface area contributed by atoms with E-state index in [1.807, 2.05) is 24.1 Å². The lowest BCUT2D eigenvalue weighted by Gasteiger charge is -2.43. The first-order valence-electron chi connectivity index (χ1n) is 11.8. The molecule has 3 atom stereocenters. The van der Waals surface area contributed by atoms with Crippen molar-refractivity contribution in [2.75, 3.05) is 20.1 Å². The maximum Gasteiger partial charge on any atom is 0.229 e. The van der Waals surface area contributed by atoms with Crippen LogP contribution in [0.25, 0.3) is 10.9 Å². The normalized spacial score (nSPS) is 19.9. The number of hydrogen-bond acceptors (Lipinski definition) is 3. The van der Waals surface area contributed by atoms with Crippen molar-refractivity contribution in [3.63, 3.8) is 0 Å². The molecule has 0 spiro atoms. The molecule has 0 radical (unpaired) electrons. The number of amides is 1. The highest BCUT2D eigenvalue weighted by Crippen LogP contribution is 2.29. The van der Waals surface area contributed by atoms with Crippen LogP contribution in [0.3, 0.4) is 0 Å². The minimum atomic E-state index is -0.731. The second-order valence-electron chi connectivity index (χ2n) is 9.68. The molecule has 34 heavy (non-hydrogen) atoms. The molecular weight excluding hydrogens is 469 g/mol. The topological polar surface area (TPSA) is 48.7 Å². The Kier molecular flexibility index (Phi) is 7.58. The molecule has 1 aliphatic heterocycles. The van der Waals surface area contributed by atoms with Gasteiger partial charge < -0.3 is 14.6 Å². The Labute approximate surface area is 211 Å². The van der Waals surface area contributed by atoms with Gasteiger partial charge >= 0.3 is 0 Å². The van der Waals surface area contributed by atoms with Crippen molar-refractivity contribution in [3.05, 3.63) is 69.3 Å². The highest BCUT2D eigenvalue weighted by atomic mass is 35.5. The van der Waals surface area contributed by atoms with Crippen LogP contribution >= 0.6 is 23.2 Å². The molecule has 3 aromatic rings. The number of rotatable bonds is 7. The molecule has 1 amide bonds. The molecule has 4 rings (SSSR count). The molecule has 1 N–H and O–H groups in total. The number of fused-ring (bicyclic) bond motifs is 1. The smallest absolute Gasteiger partial charge is 0.229 e. The summed E-state index contributed by atoms with van der Waals surface area (Å²) in [6.45, 7) is 5.76. The van der Waals surface area contributed by atoms with E-state index in [0.29, 0.717) is 29.7 Å². The number of hydrogen-bond donors (Lipinski definition) is 1. The van der Waals surface area contributed by atoms with Crippen molar-refractivity contribution in [3.8, 4) is 0 Å². The summed E-state index contributed by atoms with van der Waals surface area (Å²) in [5.74, 6) is -0.443. The Bertz CT molecular complexity index is 1170. The average Bonchev–Trinajstić information content (AvgIpc) is 3.06. The monoisotopic (exact) mass is 501 g/mol.